The number of ether oxygens (including phenoxy) is 1. The average molecular weight is 274 g/mol. The Hall–Kier alpha value is -2.04. The second kappa shape index (κ2) is 5.15. The highest BCUT2D eigenvalue weighted by atomic mass is 16.5. The number of anilines is 1. The average Bonchev–Trinajstić information content (AvgIpc) is 2.36. The molecule has 2 aliphatic rings. The summed E-state index contributed by atoms with van der Waals surface area (Å²) in [6.45, 7) is 2.19. The van der Waals surface area contributed by atoms with E-state index in [0.29, 0.717) is 18.0 Å². The first-order valence-electron chi connectivity index (χ1n) is 7.01. The third-order valence-corrected chi connectivity index (χ3v) is 3.92. The molecule has 2 amide bonds. The van der Waals surface area contributed by atoms with E-state index in [1.54, 1.807) is 6.92 Å². The Morgan fingerprint density at radius 2 is 2.25 bits per heavy atom. The SMILES string of the molecule is CC1Oc2ccc(CNC(=O)C3CCC3)cc2NC1=O. The van der Waals surface area contributed by atoms with E-state index in [2.05, 4.69) is 10.6 Å². The third-order valence-electron chi connectivity index (χ3n) is 3.92. The summed E-state index contributed by atoms with van der Waals surface area (Å²) in [6.07, 6.45) is 2.68. The van der Waals surface area contributed by atoms with Gasteiger partial charge in [-0.25, -0.2) is 0 Å². The number of rotatable bonds is 3. The number of benzene rings is 1. The van der Waals surface area contributed by atoms with E-state index in [0.717, 1.165) is 24.8 Å². The van der Waals surface area contributed by atoms with Crippen LogP contribution in [0.3, 0.4) is 0 Å². The lowest BCUT2D eigenvalue weighted by Gasteiger charge is -2.25. The molecule has 1 heterocycles. The largest absolute Gasteiger partial charge is 0.479 e. The van der Waals surface area contributed by atoms with Crippen LogP contribution in [-0.2, 0) is 16.1 Å². The first-order valence-corrected chi connectivity index (χ1v) is 7.01. The predicted octanol–water partition coefficient (Wildman–Crippen LogP) is 1.82. The normalized spacial score (nSPS) is 21.2. The van der Waals surface area contributed by atoms with Gasteiger partial charge in [-0.05, 0) is 37.5 Å². The van der Waals surface area contributed by atoms with Crippen LogP contribution in [0.5, 0.6) is 5.75 Å². The van der Waals surface area contributed by atoms with Crippen molar-refractivity contribution < 1.29 is 14.3 Å². The van der Waals surface area contributed by atoms with E-state index in [-0.39, 0.29) is 17.7 Å². The predicted molar refractivity (Wildman–Crippen MR) is 74.3 cm³/mol. The Labute approximate surface area is 117 Å². The molecule has 0 aromatic heterocycles. The quantitative estimate of drug-likeness (QED) is 0.883. The number of hydrogen-bond acceptors (Lipinski definition) is 3. The molecule has 20 heavy (non-hydrogen) atoms. The fourth-order valence-corrected chi connectivity index (χ4v) is 2.37. The van der Waals surface area contributed by atoms with Gasteiger partial charge in [0.1, 0.15) is 5.75 Å². The molecule has 1 unspecified atom stereocenters. The van der Waals surface area contributed by atoms with Gasteiger partial charge in [-0.1, -0.05) is 12.5 Å². The van der Waals surface area contributed by atoms with Crippen LogP contribution in [0.1, 0.15) is 31.7 Å². The van der Waals surface area contributed by atoms with Gasteiger partial charge in [-0.3, -0.25) is 9.59 Å². The van der Waals surface area contributed by atoms with Crippen molar-refractivity contribution in [2.75, 3.05) is 5.32 Å². The van der Waals surface area contributed by atoms with E-state index in [1.807, 2.05) is 18.2 Å². The molecule has 1 fully saturated rings. The first kappa shape index (κ1) is 13.0. The second-order valence-electron chi connectivity index (χ2n) is 5.43. The minimum atomic E-state index is -0.466. The van der Waals surface area contributed by atoms with Crippen molar-refractivity contribution in [3.8, 4) is 5.75 Å². The van der Waals surface area contributed by atoms with Crippen molar-refractivity contribution in [1.82, 2.24) is 5.32 Å². The summed E-state index contributed by atoms with van der Waals surface area (Å²) in [6, 6.07) is 5.58. The number of nitrogens with one attached hydrogen (secondary N) is 2. The number of hydrogen-bond donors (Lipinski definition) is 2. The van der Waals surface area contributed by atoms with Gasteiger partial charge in [-0.15, -0.1) is 0 Å². The lowest BCUT2D eigenvalue weighted by molar-refractivity contribution is -0.127. The molecule has 1 aromatic carbocycles. The Balaban J connectivity index is 1.65. The van der Waals surface area contributed by atoms with Gasteiger partial charge in [0.25, 0.3) is 5.91 Å². The Morgan fingerprint density at radius 3 is 2.95 bits per heavy atom. The number of carbonyl (C=O) groups excluding carboxylic acids is 2. The molecule has 1 atom stereocenters. The van der Waals surface area contributed by atoms with Gasteiger partial charge in [0.2, 0.25) is 5.91 Å². The number of amides is 2. The topological polar surface area (TPSA) is 67.4 Å². The maximum Gasteiger partial charge on any atom is 0.265 e. The fourth-order valence-electron chi connectivity index (χ4n) is 2.37. The van der Waals surface area contributed by atoms with Crippen LogP contribution in [0.2, 0.25) is 0 Å². The van der Waals surface area contributed by atoms with Gasteiger partial charge in [0.15, 0.2) is 6.10 Å². The molecular formula is C15H18N2O3. The lowest BCUT2D eigenvalue weighted by atomic mass is 9.85. The van der Waals surface area contributed by atoms with E-state index >= 15 is 0 Å². The van der Waals surface area contributed by atoms with Gasteiger partial charge in [-0.2, -0.15) is 0 Å². The van der Waals surface area contributed by atoms with Crippen molar-refractivity contribution in [1.29, 1.82) is 0 Å². The smallest absolute Gasteiger partial charge is 0.265 e. The highest BCUT2D eigenvalue weighted by Crippen LogP contribution is 2.30. The van der Waals surface area contributed by atoms with E-state index in [4.69, 9.17) is 4.74 Å². The summed E-state index contributed by atoms with van der Waals surface area (Å²) in [4.78, 5) is 23.3. The summed E-state index contributed by atoms with van der Waals surface area (Å²) in [7, 11) is 0. The zero-order chi connectivity index (χ0) is 14.1. The molecule has 0 saturated heterocycles. The Bertz CT molecular complexity index is 552. The molecule has 5 nitrogen and oxygen atoms in total. The number of fused-ring (bicyclic) bond motifs is 1. The molecule has 1 aliphatic heterocycles. The van der Waals surface area contributed by atoms with Crippen molar-refractivity contribution in [3.63, 3.8) is 0 Å². The minimum absolute atomic E-state index is 0.128. The van der Waals surface area contributed by atoms with Crippen molar-refractivity contribution in [2.45, 2.75) is 38.8 Å². The maximum absolute atomic E-state index is 11.8. The van der Waals surface area contributed by atoms with Crippen molar-refractivity contribution >= 4 is 17.5 Å². The van der Waals surface area contributed by atoms with Crippen LogP contribution in [0.4, 0.5) is 5.69 Å². The number of carbonyl (C=O) groups is 2. The monoisotopic (exact) mass is 274 g/mol. The molecular weight excluding hydrogens is 256 g/mol. The summed E-state index contributed by atoms with van der Waals surface area (Å²) in [5, 5.41) is 5.74. The van der Waals surface area contributed by atoms with Crippen LogP contribution in [0, 0.1) is 5.92 Å². The first-order chi connectivity index (χ1) is 9.63. The summed E-state index contributed by atoms with van der Waals surface area (Å²) in [5.74, 6) is 0.846. The summed E-state index contributed by atoms with van der Waals surface area (Å²) >= 11 is 0. The standard InChI is InChI=1S/C15H18N2O3/c1-9-14(18)17-12-7-10(5-6-13(12)20-9)8-16-15(19)11-3-2-4-11/h5-7,9,11H,2-4,8H2,1H3,(H,16,19)(H,17,18). The van der Waals surface area contributed by atoms with Crippen LogP contribution < -0.4 is 15.4 Å². The third kappa shape index (κ3) is 2.48. The van der Waals surface area contributed by atoms with Gasteiger partial charge in [0, 0.05) is 12.5 Å². The van der Waals surface area contributed by atoms with Crippen LogP contribution >= 0.6 is 0 Å². The van der Waals surface area contributed by atoms with E-state index < -0.39 is 6.10 Å². The summed E-state index contributed by atoms with van der Waals surface area (Å²) < 4.78 is 5.49. The summed E-state index contributed by atoms with van der Waals surface area (Å²) in [5.41, 5.74) is 1.62. The molecule has 0 spiro atoms. The van der Waals surface area contributed by atoms with Crippen LogP contribution in [0.25, 0.3) is 0 Å². The van der Waals surface area contributed by atoms with E-state index in [1.165, 1.54) is 0 Å². The van der Waals surface area contributed by atoms with Crippen molar-refractivity contribution in [3.05, 3.63) is 23.8 Å². The molecule has 3 rings (SSSR count). The van der Waals surface area contributed by atoms with Gasteiger partial charge < -0.3 is 15.4 Å². The zero-order valence-corrected chi connectivity index (χ0v) is 11.4. The van der Waals surface area contributed by atoms with E-state index in [9.17, 15) is 9.59 Å². The second-order valence-corrected chi connectivity index (χ2v) is 5.43. The molecule has 106 valence electrons. The maximum atomic E-state index is 11.8. The Morgan fingerprint density at radius 1 is 1.45 bits per heavy atom. The molecule has 1 saturated carbocycles. The van der Waals surface area contributed by atoms with Gasteiger partial charge >= 0.3 is 0 Å². The lowest BCUT2D eigenvalue weighted by Crippen LogP contribution is -2.35. The highest BCUT2D eigenvalue weighted by Gasteiger charge is 2.25. The molecule has 0 bridgehead atoms. The zero-order valence-electron chi connectivity index (χ0n) is 11.4. The highest BCUT2D eigenvalue weighted by molar-refractivity contribution is 5.97. The molecule has 1 aliphatic carbocycles. The molecule has 5 heteroatoms. The molecule has 0 radical (unpaired) electrons. The van der Waals surface area contributed by atoms with Gasteiger partial charge in [0.05, 0.1) is 5.69 Å². The minimum Gasteiger partial charge on any atom is -0.479 e. The fraction of sp³-hybridized carbons (Fsp3) is 0.467. The molecule has 2 N–H and O–H groups in total. The Kier molecular flexibility index (Phi) is 3.34. The van der Waals surface area contributed by atoms with Crippen LogP contribution in [-0.4, -0.2) is 17.9 Å². The van der Waals surface area contributed by atoms with Crippen LogP contribution in [0.15, 0.2) is 18.2 Å². The van der Waals surface area contributed by atoms with Crippen molar-refractivity contribution in [2.24, 2.45) is 5.92 Å². The molecule has 1 aromatic rings.